The molecule has 0 atom stereocenters. The van der Waals surface area contributed by atoms with E-state index in [2.05, 4.69) is 10.3 Å². The monoisotopic (exact) mass is 417 g/mol. The van der Waals surface area contributed by atoms with Gasteiger partial charge in [0.05, 0.1) is 24.9 Å². The van der Waals surface area contributed by atoms with Crippen LogP contribution in [-0.4, -0.2) is 15.0 Å². The highest BCUT2D eigenvalue weighted by atomic mass is 32.1. The number of rotatable bonds is 6. The van der Waals surface area contributed by atoms with Gasteiger partial charge in [-0.25, -0.2) is 0 Å². The topological polar surface area (TPSA) is 61.3 Å². The molecular weight excluding hydrogens is 394 g/mol. The molecule has 2 aromatic heterocycles. The van der Waals surface area contributed by atoms with E-state index in [1.807, 2.05) is 78.6 Å². The van der Waals surface area contributed by atoms with Crippen molar-refractivity contribution in [1.29, 1.82) is 0 Å². The van der Waals surface area contributed by atoms with Crippen molar-refractivity contribution in [2.75, 3.05) is 0 Å². The lowest BCUT2D eigenvalue weighted by Crippen LogP contribution is -2.39. The van der Waals surface area contributed by atoms with Crippen LogP contribution in [0.2, 0.25) is 0 Å². The van der Waals surface area contributed by atoms with Crippen LogP contribution in [0.5, 0.6) is 0 Å². The number of nitrogens with zero attached hydrogens (tertiary/aromatic N) is 1. The molecule has 30 heavy (non-hydrogen) atoms. The fourth-order valence-electron chi connectivity index (χ4n) is 3.43. The minimum atomic E-state index is -0.105. The van der Waals surface area contributed by atoms with Gasteiger partial charge in [-0.15, -0.1) is 0 Å². The van der Waals surface area contributed by atoms with Gasteiger partial charge in [0.15, 0.2) is 5.11 Å². The lowest BCUT2D eigenvalue weighted by molar-refractivity contribution is 0.350. The predicted octanol–water partition coefficient (Wildman–Crippen LogP) is 4.51. The molecule has 4 aromatic rings. The Balaban J connectivity index is 1.58. The summed E-state index contributed by atoms with van der Waals surface area (Å²) in [7, 11) is 0. The second kappa shape index (κ2) is 8.97. The highest BCUT2D eigenvalue weighted by Crippen LogP contribution is 2.17. The summed E-state index contributed by atoms with van der Waals surface area (Å²) in [5, 5.41) is 4.87. The average Bonchev–Trinajstić information content (AvgIpc) is 3.27. The zero-order valence-corrected chi connectivity index (χ0v) is 17.5. The zero-order valence-electron chi connectivity index (χ0n) is 16.7. The van der Waals surface area contributed by atoms with Crippen molar-refractivity contribution in [2.45, 2.75) is 26.6 Å². The standard InChI is InChI=1S/C24H23N3O2S/c1-17-7-5-10-19-13-20(23(28)26-22(17)19)15-27(16-21-11-6-12-29-21)24(30)25-14-18-8-3-2-4-9-18/h2-13H,14-16H2,1H3,(H,25,30)(H,26,28). The van der Waals surface area contributed by atoms with E-state index in [0.717, 1.165) is 27.8 Å². The van der Waals surface area contributed by atoms with Crippen molar-refractivity contribution < 1.29 is 4.42 Å². The fraction of sp³-hybridized carbons (Fsp3) is 0.167. The van der Waals surface area contributed by atoms with E-state index in [9.17, 15) is 4.79 Å². The van der Waals surface area contributed by atoms with Crippen LogP contribution in [0, 0.1) is 6.92 Å². The van der Waals surface area contributed by atoms with Gasteiger partial charge in [0.1, 0.15) is 5.76 Å². The van der Waals surface area contributed by atoms with Gasteiger partial charge >= 0.3 is 0 Å². The average molecular weight is 418 g/mol. The quantitative estimate of drug-likeness (QED) is 0.452. The van der Waals surface area contributed by atoms with Crippen LogP contribution in [0.4, 0.5) is 0 Å². The Morgan fingerprint density at radius 3 is 2.67 bits per heavy atom. The number of para-hydroxylation sites is 1. The Morgan fingerprint density at radius 2 is 1.90 bits per heavy atom. The van der Waals surface area contributed by atoms with Gasteiger partial charge in [-0.1, -0.05) is 48.5 Å². The second-order valence-electron chi connectivity index (χ2n) is 7.24. The van der Waals surface area contributed by atoms with E-state index >= 15 is 0 Å². The van der Waals surface area contributed by atoms with Crippen molar-refractivity contribution in [1.82, 2.24) is 15.2 Å². The highest BCUT2D eigenvalue weighted by molar-refractivity contribution is 7.80. The van der Waals surface area contributed by atoms with Crippen LogP contribution in [-0.2, 0) is 19.6 Å². The molecule has 0 saturated heterocycles. The number of hydrogen-bond acceptors (Lipinski definition) is 3. The maximum absolute atomic E-state index is 12.8. The molecule has 4 rings (SSSR count). The van der Waals surface area contributed by atoms with Gasteiger partial charge in [-0.3, -0.25) is 4.79 Å². The summed E-state index contributed by atoms with van der Waals surface area (Å²) in [6.07, 6.45) is 1.64. The molecule has 2 heterocycles. The van der Waals surface area contributed by atoms with E-state index in [4.69, 9.17) is 16.6 Å². The number of H-pyrrole nitrogens is 1. The van der Waals surface area contributed by atoms with E-state index in [-0.39, 0.29) is 5.56 Å². The predicted molar refractivity (Wildman–Crippen MR) is 123 cm³/mol. The number of fused-ring (bicyclic) bond motifs is 1. The third-order valence-corrected chi connectivity index (χ3v) is 5.43. The maximum atomic E-state index is 12.8. The molecule has 0 bridgehead atoms. The van der Waals surface area contributed by atoms with E-state index < -0.39 is 0 Å². The van der Waals surface area contributed by atoms with Crippen LogP contribution in [0.15, 0.2) is 82.2 Å². The molecule has 2 aromatic carbocycles. The molecule has 0 radical (unpaired) electrons. The number of hydrogen-bond donors (Lipinski definition) is 2. The van der Waals surface area contributed by atoms with Gasteiger partial charge in [0.2, 0.25) is 0 Å². The summed E-state index contributed by atoms with van der Waals surface area (Å²) < 4.78 is 5.52. The molecule has 0 spiro atoms. The normalized spacial score (nSPS) is 10.8. The molecule has 152 valence electrons. The van der Waals surface area contributed by atoms with Crippen LogP contribution in [0.25, 0.3) is 10.9 Å². The number of furan rings is 1. The summed E-state index contributed by atoms with van der Waals surface area (Å²) in [5.41, 5.74) is 3.60. The Bertz CT molecular complexity index is 1200. The summed E-state index contributed by atoms with van der Waals surface area (Å²) in [6.45, 7) is 3.45. The Kier molecular flexibility index (Phi) is 5.95. The van der Waals surface area contributed by atoms with Crippen LogP contribution >= 0.6 is 12.2 Å². The van der Waals surface area contributed by atoms with Crippen molar-refractivity contribution in [3.63, 3.8) is 0 Å². The van der Waals surface area contributed by atoms with Crippen molar-refractivity contribution in [3.8, 4) is 0 Å². The van der Waals surface area contributed by atoms with E-state index in [0.29, 0.717) is 30.3 Å². The number of benzene rings is 2. The third-order valence-electron chi connectivity index (χ3n) is 5.03. The highest BCUT2D eigenvalue weighted by Gasteiger charge is 2.15. The van der Waals surface area contributed by atoms with Crippen molar-refractivity contribution >= 4 is 28.2 Å². The first-order valence-corrected chi connectivity index (χ1v) is 10.2. The summed E-state index contributed by atoms with van der Waals surface area (Å²) >= 11 is 5.67. The van der Waals surface area contributed by atoms with Crippen molar-refractivity contribution in [3.05, 3.63) is 106 Å². The number of pyridine rings is 1. The molecule has 0 amide bonds. The van der Waals surface area contributed by atoms with Gasteiger partial charge in [0.25, 0.3) is 5.56 Å². The minimum Gasteiger partial charge on any atom is -0.467 e. The number of nitrogens with one attached hydrogen (secondary N) is 2. The maximum Gasteiger partial charge on any atom is 0.253 e. The third kappa shape index (κ3) is 4.60. The van der Waals surface area contributed by atoms with Crippen molar-refractivity contribution in [2.24, 2.45) is 0 Å². The molecule has 6 heteroatoms. The first-order valence-electron chi connectivity index (χ1n) is 9.81. The van der Waals surface area contributed by atoms with E-state index in [1.165, 1.54) is 0 Å². The second-order valence-corrected chi connectivity index (χ2v) is 7.63. The molecule has 0 aliphatic carbocycles. The van der Waals surface area contributed by atoms with Crippen LogP contribution in [0.3, 0.4) is 0 Å². The smallest absolute Gasteiger partial charge is 0.253 e. The van der Waals surface area contributed by atoms with Gasteiger partial charge in [-0.05, 0) is 53.9 Å². The number of thiocarbonyl (C=S) groups is 1. The first-order chi connectivity index (χ1) is 14.6. The minimum absolute atomic E-state index is 0.105. The number of aryl methyl sites for hydroxylation is 1. The Labute approximate surface area is 180 Å². The summed E-state index contributed by atoms with van der Waals surface area (Å²) in [5.74, 6) is 0.784. The Morgan fingerprint density at radius 1 is 1.07 bits per heavy atom. The summed E-state index contributed by atoms with van der Waals surface area (Å²) in [4.78, 5) is 17.7. The zero-order chi connectivity index (χ0) is 20.9. The lowest BCUT2D eigenvalue weighted by atomic mass is 10.1. The van der Waals surface area contributed by atoms with Gasteiger partial charge in [-0.2, -0.15) is 0 Å². The largest absolute Gasteiger partial charge is 0.467 e. The number of aromatic amines is 1. The number of aromatic nitrogens is 1. The molecule has 0 saturated carbocycles. The van der Waals surface area contributed by atoms with Crippen LogP contribution < -0.4 is 10.9 Å². The molecule has 0 unspecified atom stereocenters. The van der Waals surface area contributed by atoms with E-state index in [1.54, 1.807) is 6.26 Å². The molecule has 0 fully saturated rings. The molecular formula is C24H23N3O2S. The molecule has 5 nitrogen and oxygen atoms in total. The van der Waals surface area contributed by atoms with Crippen LogP contribution in [0.1, 0.15) is 22.5 Å². The molecule has 2 N–H and O–H groups in total. The fourth-order valence-corrected chi connectivity index (χ4v) is 3.63. The molecule has 0 aliphatic rings. The first kappa shape index (κ1) is 19.9. The van der Waals surface area contributed by atoms with Gasteiger partial charge < -0.3 is 19.6 Å². The SMILES string of the molecule is Cc1cccc2cc(CN(Cc3ccco3)C(=S)NCc3ccccc3)c(=O)[nH]c12. The van der Waals surface area contributed by atoms with Gasteiger partial charge in [0, 0.05) is 12.1 Å². The summed E-state index contributed by atoms with van der Waals surface area (Å²) in [6, 6.07) is 21.7. The molecule has 0 aliphatic heterocycles. The Hall–Kier alpha value is -3.38. The lowest BCUT2D eigenvalue weighted by Gasteiger charge is -2.25.